The molecule has 2 aromatic heterocycles. The van der Waals surface area contributed by atoms with Crippen molar-refractivity contribution in [1.29, 1.82) is 0 Å². The number of piperidine rings is 1. The molecule has 2 atom stereocenters. The number of urea groups is 1. The number of carbonyl (C=O) groups excluding carboxylic acids is 1. The van der Waals surface area contributed by atoms with Crippen molar-refractivity contribution >= 4 is 17.4 Å². The SMILES string of the molecule is CC(NC(=O)N1CCCCC1c1cnn(C)c1)c1nccs1. The third kappa shape index (κ3) is 3.14. The lowest BCUT2D eigenvalue weighted by molar-refractivity contribution is 0.149. The van der Waals surface area contributed by atoms with Gasteiger partial charge in [-0.15, -0.1) is 11.3 Å². The van der Waals surface area contributed by atoms with Crippen LogP contribution >= 0.6 is 11.3 Å². The van der Waals surface area contributed by atoms with Crippen LogP contribution < -0.4 is 5.32 Å². The van der Waals surface area contributed by atoms with E-state index in [2.05, 4.69) is 15.4 Å². The highest BCUT2D eigenvalue weighted by atomic mass is 32.1. The van der Waals surface area contributed by atoms with E-state index >= 15 is 0 Å². The Kier molecular flexibility index (Phi) is 4.42. The van der Waals surface area contributed by atoms with Gasteiger partial charge in [-0.1, -0.05) is 0 Å². The number of rotatable bonds is 3. The van der Waals surface area contributed by atoms with Crippen LogP contribution in [0, 0.1) is 0 Å². The third-order valence-corrected chi connectivity index (χ3v) is 4.99. The highest BCUT2D eigenvalue weighted by molar-refractivity contribution is 7.09. The van der Waals surface area contributed by atoms with Gasteiger partial charge in [-0.05, 0) is 26.2 Å². The molecule has 1 N–H and O–H groups in total. The molecule has 1 fully saturated rings. The minimum atomic E-state index is -0.0658. The average Bonchev–Trinajstić information content (AvgIpc) is 3.18. The summed E-state index contributed by atoms with van der Waals surface area (Å²) in [6.45, 7) is 2.76. The monoisotopic (exact) mass is 319 g/mol. The molecule has 2 amide bonds. The predicted octanol–water partition coefficient (Wildman–Crippen LogP) is 2.87. The van der Waals surface area contributed by atoms with Gasteiger partial charge in [0.15, 0.2) is 0 Å². The zero-order chi connectivity index (χ0) is 15.5. The first-order valence-electron chi connectivity index (χ1n) is 7.60. The van der Waals surface area contributed by atoms with Gasteiger partial charge < -0.3 is 10.2 Å². The molecule has 1 aliphatic heterocycles. The topological polar surface area (TPSA) is 63.1 Å². The van der Waals surface area contributed by atoms with Crippen LogP contribution in [-0.2, 0) is 7.05 Å². The third-order valence-electron chi connectivity index (χ3n) is 4.04. The summed E-state index contributed by atoms with van der Waals surface area (Å²) in [5.74, 6) is 0. The van der Waals surface area contributed by atoms with Crippen molar-refractivity contribution in [2.45, 2.75) is 38.3 Å². The van der Waals surface area contributed by atoms with Crippen LogP contribution in [0.15, 0.2) is 24.0 Å². The molecule has 1 aliphatic rings. The van der Waals surface area contributed by atoms with Crippen LogP contribution in [0.25, 0.3) is 0 Å². The van der Waals surface area contributed by atoms with Crippen molar-refractivity contribution in [3.8, 4) is 0 Å². The van der Waals surface area contributed by atoms with Crippen molar-refractivity contribution in [3.63, 3.8) is 0 Å². The molecule has 0 aromatic carbocycles. The lowest BCUT2D eigenvalue weighted by atomic mass is 9.98. The maximum absolute atomic E-state index is 12.7. The van der Waals surface area contributed by atoms with Gasteiger partial charge >= 0.3 is 6.03 Å². The number of hydrogen-bond donors (Lipinski definition) is 1. The molecule has 7 heteroatoms. The van der Waals surface area contributed by atoms with E-state index in [1.807, 2.05) is 36.6 Å². The predicted molar refractivity (Wildman–Crippen MR) is 85.6 cm³/mol. The number of thiazole rings is 1. The number of carbonyl (C=O) groups is 1. The van der Waals surface area contributed by atoms with E-state index in [9.17, 15) is 4.79 Å². The van der Waals surface area contributed by atoms with Crippen molar-refractivity contribution in [1.82, 2.24) is 25.0 Å². The maximum Gasteiger partial charge on any atom is 0.318 e. The molecule has 1 saturated heterocycles. The van der Waals surface area contributed by atoms with Gasteiger partial charge in [-0.2, -0.15) is 5.10 Å². The zero-order valence-corrected chi connectivity index (χ0v) is 13.7. The summed E-state index contributed by atoms with van der Waals surface area (Å²) < 4.78 is 1.79. The minimum Gasteiger partial charge on any atom is -0.329 e. The Balaban J connectivity index is 1.71. The van der Waals surface area contributed by atoms with Gasteiger partial charge in [0.1, 0.15) is 5.01 Å². The lowest BCUT2D eigenvalue weighted by Gasteiger charge is -2.35. The first kappa shape index (κ1) is 15.0. The highest BCUT2D eigenvalue weighted by Gasteiger charge is 2.29. The smallest absolute Gasteiger partial charge is 0.318 e. The van der Waals surface area contributed by atoms with Crippen LogP contribution in [0.2, 0.25) is 0 Å². The first-order chi connectivity index (χ1) is 10.6. The second-order valence-electron chi connectivity index (χ2n) is 5.69. The Hall–Kier alpha value is -1.89. The van der Waals surface area contributed by atoms with Gasteiger partial charge in [0, 0.05) is 36.9 Å². The maximum atomic E-state index is 12.7. The quantitative estimate of drug-likeness (QED) is 0.946. The number of aryl methyl sites for hydroxylation is 1. The van der Waals surface area contributed by atoms with E-state index in [-0.39, 0.29) is 18.1 Å². The second kappa shape index (κ2) is 6.48. The van der Waals surface area contributed by atoms with E-state index in [0.29, 0.717) is 0 Å². The molecule has 6 nitrogen and oxygen atoms in total. The van der Waals surface area contributed by atoms with Gasteiger partial charge in [-0.25, -0.2) is 9.78 Å². The molecule has 0 spiro atoms. The van der Waals surface area contributed by atoms with Crippen molar-refractivity contribution in [2.24, 2.45) is 7.05 Å². The Bertz CT molecular complexity index is 624. The largest absolute Gasteiger partial charge is 0.329 e. The van der Waals surface area contributed by atoms with E-state index in [1.165, 1.54) is 0 Å². The van der Waals surface area contributed by atoms with E-state index in [0.717, 1.165) is 36.4 Å². The lowest BCUT2D eigenvalue weighted by Crippen LogP contribution is -2.45. The van der Waals surface area contributed by atoms with Gasteiger partial charge in [-0.3, -0.25) is 4.68 Å². The van der Waals surface area contributed by atoms with Crippen molar-refractivity contribution in [2.75, 3.05) is 6.54 Å². The molecule has 0 saturated carbocycles. The molecule has 3 rings (SSSR count). The van der Waals surface area contributed by atoms with Crippen molar-refractivity contribution < 1.29 is 4.79 Å². The van der Waals surface area contributed by atoms with Gasteiger partial charge in [0.25, 0.3) is 0 Å². The summed E-state index contributed by atoms with van der Waals surface area (Å²) >= 11 is 1.56. The Morgan fingerprint density at radius 1 is 1.50 bits per heavy atom. The van der Waals surface area contributed by atoms with Crippen molar-refractivity contribution in [3.05, 3.63) is 34.5 Å². The Labute approximate surface area is 134 Å². The van der Waals surface area contributed by atoms with Crippen LogP contribution in [0.3, 0.4) is 0 Å². The number of likely N-dealkylation sites (tertiary alicyclic amines) is 1. The molecule has 118 valence electrons. The molecule has 0 bridgehead atoms. The molecular weight excluding hydrogens is 298 g/mol. The summed E-state index contributed by atoms with van der Waals surface area (Å²) in [5.41, 5.74) is 1.11. The van der Waals surface area contributed by atoms with E-state index in [4.69, 9.17) is 0 Å². The molecule has 2 unspecified atom stereocenters. The molecule has 0 radical (unpaired) electrons. The van der Waals surface area contributed by atoms with Gasteiger partial charge in [0.05, 0.1) is 18.3 Å². The summed E-state index contributed by atoms with van der Waals surface area (Å²) in [4.78, 5) is 18.9. The fraction of sp³-hybridized carbons (Fsp3) is 0.533. The Morgan fingerprint density at radius 2 is 2.36 bits per heavy atom. The highest BCUT2D eigenvalue weighted by Crippen LogP contribution is 2.31. The fourth-order valence-electron chi connectivity index (χ4n) is 2.91. The second-order valence-corrected chi connectivity index (χ2v) is 6.62. The molecule has 2 aromatic rings. The number of nitrogens with zero attached hydrogens (tertiary/aromatic N) is 4. The molecular formula is C15H21N5OS. The van der Waals surface area contributed by atoms with Gasteiger partial charge in [0.2, 0.25) is 0 Å². The number of amides is 2. The first-order valence-corrected chi connectivity index (χ1v) is 8.48. The van der Waals surface area contributed by atoms with Crippen LogP contribution in [0.5, 0.6) is 0 Å². The number of nitrogens with one attached hydrogen (secondary N) is 1. The van der Waals surface area contributed by atoms with Crippen LogP contribution in [0.4, 0.5) is 4.79 Å². The summed E-state index contributed by atoms with van der Waals surface area (Å²) in [6.07, 6.45) is 8.81. The Morgan fingerprint density at radius 3 is 3.05 bits per heavy atom. The normalized spacial score (nSPS) is 19.9. The summed E-state index contributed by atoms with van der Waals surface area (Å²) in [5, 5.41) is 10.2. The van der Waals surface area contributed by atoms with Crippen LogP contribution in [-0.4, -0.2) is 32.2 Å². The fourth-order valence-corrected chi connectivity index (χ4v) is 3.56. The minimum absolute atomic E-state index is 0.0174. The number of hydrogen-bond acceptors (Lipinski definition) is 4. The summed E-state index contributed by atoms with van der Waals surface area (Å²) in [6, 6.07) is 0.0335. The number of aromatic nitrogens is 3. The molecule has 22 heavy (non-hydrogen) atoms. The molecule has 0 aliphatic carbocycles. The zero-order valence-electron chi connectivity index (χ0n) is 12.9. The summed E-state index contributed by atoms with van der Waals surface area (Å²) in [7, 11) is 1.90. The van der Waals surface area contributed by atoms with Crippen LogP contribution in [0.1, 0.15) is 48.8 Å². The standard InChI is InChI=1S/C15H21N5OS/c1-11(14-16-6-8-22-14)18-15(21)20-7-4-3-5-13(20)12-9-17-19(2)10-12/h6,8-11,13H,3-5,7H2,1-2H3,(H,18,21). The van der Waals surface area contributed by atoms with E-state index in [1.54, 1.807) is 22.2 Å². The average molecular weight is 319 g/mol. The van der Waals surface area contributed by atoms with E-state index < -0.39 is 0 Å². The molecule has 3 heterocycles.